The standard InChI is InChI=1S/C45H43N3O17S/c1-19-40-24(47(18-63-40)44(59)62-16-21-17-66-42-34(41(56)48(42)35(21)43(57)58)46-28(51)11-20-7-4-3-5-8-20)12-29(64-19)65-26-14-45(60,27(50)15-49)13-23-31(26)39(55)33-32(37(23)53)36(52)22-9-6-10-25(61-2)30(22)38(33)54/h3-10,19,24,26,29,34,40,42,49,53,55,60H,11-18H2,1-2H3,(H,46,51)(H,57,58). The molecule has 346 valence electrons. The number of fused-ring (bicyclic) bond motifs is 5. The van der Waals surface area contributed by atoms with Gasteiger partial charge in [0, 0.05) is 47.3 Å². The molecule has 3 amide bonds. The Hall–Kier alpha value is -6.36. The van der Waals surface area contributed by atoms with Gasteiger partial charge < -0.3 is 54.5 Å². The second kappa shape index (κ2) is 17.1. The number of Topliss-reactive ketones (excluding diaryl/α,β-unsaturated/α-hetero) is 1. The first-order chi connectivity index (χ1) is 31.6. The van der Waals surface area contributed by atoms with Gasteiger partial charge in [0.1, 0.15) is 66.0 Å². The zero-order valence-electron chi connectivity index (χ0n) is 35.3. The molecule has 3 aromatic carbocycles. The Morgan fingerprint density at radius 2 is 1.73 bits per heavy atom. The minimum atomic E-state index is -2.39. The van der Waals surface area contributed by atoms with E-state index in [4.69, 9.17) is 23.7 Å². The second-order valence-electron chi connectivity index (χ2n) is 16.7. The highest BCUT2D eigenvalue weighted by atomic mass is 32.2. The van der Waals surface area contributed by atoms with Crippen molar-refractivity contribution in [3.8, 4) is 17.2 Å². The van der Waals surface area contributed by atoms with E-state index in [0.29, 0.717) is 0 Å². The number of hydrogen-bond acceptors (Lipinski definition) is 17. The van der Waals surface area contributed by atoms with Crippen LogP contribution in [0.4, 0.5) is 4.79 Å². The smallest absolute Gasteiger partial charge is 0.412 e. The van der Waals surface area contributed by atoms with Crippen molar-refractivity contribution in [3.63, 3.8) is 0 Å². The maximum absolute atomic E-state index is 14.1. The number of thioether (sulfide) groups is 1. The largest absolute Gasteiger partial charge is 0.507 e. The summed E-state index contributed by atoms with van der Waals surface area (Å²) >= 11 is 1.21. The number of aliphatic hydroxyl groups is 2. The number of methoxy groups -OCH3 is 1. The third-order valence-corrected chi connectivity index (χ3v) is 14.2. The molecule has 0 radical (unpaired) electrons. The van der Waals surface area contributed by atoms with E-state index in [1.807, 2.05) is 6.07 Å². The molecule has 0 spiro atoms. The maximum Gasteiger partial charge on any atom is 0.412 e. The number of phenolic OH excluding ortho intramolecular Hbond substituents is 2. The van der Waals surface area contributed by atoms with Crippen LogP contribution in [0.15, 0.2) is 59.8 Å². The van der Waals surface area contributed by atoms with Crippen LogP contribution in [0.5, 0.6) is 17.2 Å². The van der Waals surface area contributed by atoms with Crippen molar-refractivity contribution in [3.05, 3.63) is 98.7 Å². The molecule has 20 nitrogen and oxygen atoms in total. The minimum absolute atomic E-state index is 0.0292. The highest BCUT2D eigenvalue weighted by Gasteiger charge is 2.55. The lowest BCUT2D eigenvalue weighted by Gasteiger charge is -2.49. The summed E-state index contributed by atoms with van der Waals surface area (Å²) in [6.07, 6.45) is -6.55. The quantitative estimate of drug-likeness (QED) is 0.0917. The van der Waals surface area contributed by atoms with Gasteiger partial charge in [0.2, 0.25) is 11.7 Å². The predicted octanol–water partition coefficient (Wildman–Crippen LogP) is 1.46. The number of β-lactam (4-membered cyclic amide) rings is 1. The van der Waals surface area contributed by atoms with E-state index in [9.17, 15) is 59.1 Å². The van der Waals surface area contributed by atoms with E-state index in [0.717, 1.165) is 10.5 Å². The van der Waals surface area contributed by atoms with Crippen molar-refractivity contribution in [1.29, 1.82) is 0 Å². The molecule has 21 heteroatoms. The van der Waals surface area contributed by atoms with Crippen molar-refractivity contribution in [2.24, 2.45) is 0 Å². The number of aliphatic carboxylic acids is 1. The number of carbonyl (C=O) groups is 7. The molecule has 3 saturated heterocycles. The van der Waals surface area contributed by atoms with Gasteiger partial charge in [-0.2, -0.15) is 0 Å². The van der Waals surface area contributed by atoms with Gasteiger partial charge in [0.05, 0.1) is 48.5 Å². The number of rotatable bonds is 11. The van der Waals surface area contributed by atoms with Crippen LogP contribution in [0, 0.1) is 0 Å². The first-order valence-corrected chi connectivity index (χ1v) is 21.9. The summed E-state index contributed by atoms with van der Waals surface area (Å²) in [7, 11) is 1.29. The van der Waals surface area contributed by atoms with Crippen molar-refractivity contribution in [1.82, 2.24) is 15.1 Å². The highest BCUT2D eigenvalue weighted by Crippen LogP contribution is 2.53. The van der Waals surface area contributed by atoms with Crippen LogP contribution in [0.2, 0.25) is 0 Å². The summed E-state index contributed by atoms with van der Waals surface area (Å²) in [5.74, 6) is -6.60. The SMILES string of the molecule is COc1cccc2c1C(=O)c1c(O)c3c(c(O)c1C2=O)CC(O)(C(=O)CO)CC3OC1CC2C(OCN2C(=O)OCC2=C(C(=O)O)N3C(=O)C(NC(=O)Cc4ccccc4)C3SC2)C(C)O1. The number of amides is 3. The topological polar surface area (TPSA) is 285 Å². The lowest BCUT2D eigenvalue weighted by atomic mass is 9.72. The van der Waals surface area contributed by atoms with Gasteiger partial charge in [-0.05, 0) is 18.6 Å². The van der Waals surface area contributed by atoms with Crippen molar-refractivity contribution in [2.45, 2.75) is 80.3 Å². The molecule has 3 aromatic rings. The number of nitrogens with one attached hydrogen (secondary N) is 1. The summed E-state index contributed by atoms with van der Waals surface area (Å²) in [6.45, 7) is -0.249. The molecule has 4 heterocycles. The Labute approximate surface area is 379 Å². The highest BCUT2D eigenvalue weighted by molar-refractivity contribution is 8.00. The Balaban J connectivity index is 0.929. The molecule has 4 aliphatic heterocycles. The Morgan fingerprint density at radius 3 is 2.44 bits per heavy atom. The van der Waals surface area contributed by atoms with Crippen LogP contribution < -0.4 is 10.1 Å². The molecule has 66 heavy (non-hydrogen) atoms. The predicted molar refractivity (Wildman–Crippen MR) is 224 cm³/mol. The number of aliphatic hydroxyl groups excluding tert-OH is 1. The molecule has 8 atom stereocenters. The first-order valence-electron chi connectivity index (χ1n) is 20.9. The molecule has 2 aliphatic carbocycles. The van der Waals surface area contributed by atoms with E-state index in [-0.39, 0.29) is 64.6 Å². The van der Waals surface area contributed by atoms with Gasteiger partial charge in [-0.3, -0.25) is 33.8 Å². The molecule has 0 aromatic heterocycles. The maximum atomic E-state index is 14.1. The molecule has 0 saturated carbocycles. The zero-order chi connectivity index (χ0) is 46.9. The van der Waals surface area contributed by atoms with Crippen LogP contribution in [0.1, 0.15) is 74.4 Å². The fraction of sp³-hybridized carbons (Fsp3) is 0.400. The molecule has 0 bridgehead atoms. The number of ether oxygens (including phenoxy) is 5. The molecule has 8 unspecified atom stereocenters. The second-order valence-corrected chi connectivity index (χ2v) is 17.8. The summed E-state index contributed by atoms with van der Waals surface area (Å²) in [5.41, 5.74) is -3.71. The zero-order valence-corrected chi connectivity index (χ0v) is 36.1. The fourth-order valence-corrected chi connectivity index (χ4v) is 11.0. The van der Waals surface area contributed by atoms with Crippen LogP contribution in [-0.4, -0.2) is 151 Å². The number of ketones is 3. The van der Waals surface area contributed by atoms with Crippen molar-refractivity contribution >= 4 is 53.0 Å². The summed E-state index contributed by atoms with van der Waals surface area (Å²) < 4.78 is 29.4. The number of carboxylic acid groups (broad SMARTS) is 1. The summed E-state index contributed by atoms with van der Waals surface area (Å²) in [4.78, 5) is 95.6. The monoisotopic (exact) mass is 929 g/mol. The lowest BCUT2D eigenvalue weighted by Crippen LogP contribution is -2.70. The third kappa shape index (κ3) is 7.35. The number of carbonyl (C=O) groups excluding carboxylic acids is 6. The van der Waals surface area contributed by atoms with Crippen LogP contribution in [0.25, 0.3) is 0 Å². The Bertz CT molecular complexity index is 2640. The number of benzene rings is 3. The molecule has 6 N–H and O–H groups in total. The van der Waals surface area contributed by atoms with Crippen LogP contribution in [0.3, 0.4) is 0 Å². The van der Waals surface area contributed by atoms with Gasteiger partial charge in [-0.15, -0.1) is 11.8 Å². The van der Waals surface area contributed by atoms with E-state index in [2.05, 4.69) is 5.32 Å². The number of aromatic hydroxyl groups is 2. The average Bonchev–Trinajstić information content (AvgIpc) is 3.74. The fourth-order valence-electron chi connectivity index (χ4n) is 9.71. The normalized spacial score (nSPS) is 27.5. The van der Waals surface area contributed by atoms with Gasteiger partial charge in [-0.25, -0.2) is 9.59 Å². The van der Waals surface area contributed by atoms with Gasteiger partial charge >= 0.3 is 12.1 Å². The molecular formula is C45H43N3O17S. The van der Waals surface area contributed by atoms with Gasteiger partial charge in [0.15, 0.2) is 17.9 Å². The van der Waals surface area contributed by atoms with Crippen molar-refractivity contribution < 1.29 is 82.8 Å². The Morgan fingerprint density at radius 1 is 0.985 bits per heavy atom. The van der Waals surface area contributed by atoms with E-state index < -0.39 is 138 Å². The van der Waals surface area contributed by atoms with Gasteiger partial charge in [0.25, 0.3) is 5.91 Å². The van der Waals surface area contributed by atoms with Crippen molar-refractivity contribution in [2.75, 3.05) is 32.8 Å². The number of nitrogens with zero attached hydrogens (tertiary/aromatic N) is 2. The Kier molecular flexibility index (Phi) is 11.6. The van der Waals surface area contributed by atoms with E-state index in [1.165, 1.54) is 42.0 Å². The first kappa shape index (κ1) is 44.8. The number of hydrogen-bond donors (Lipinski definition) is 6. The third-order valence-electron chi connectivity index (χ3n) is 12.9. The molecular weight excluding hydrogens is 887 g/mol. The average molecular weight is 930 g/mol. The van der Waals surface area contributed by atoms with Crippen LogP contribution in [-0.2, 0) is 51.0 Å². The molecule has 9 rings (SSSR count). The van der Waals surface area contributed by atoms with Crippen LogP contribution >= 0.6 is 11.8 Å². The van der Waals surface area contributed by atoms with Gasteiger partial charge in [-0.1, -0.05) is 42.5 Å². The lowest BCUT2D eigenvalue weighted by molar-refractivity contribution is -0.246. The summed E-state index contributed by atoms with van der Waals surface area (Å²) in [5, 5.41) is 57.3. The molecule has 6 aliphatic rings. The van der Waals surface area contributed by atoms with E-state index >= 15 is 0 Å². The number of phenols is 2. The summed E-state index contributed by atoms with van der Waals surface area (Å²) in [6, 6.07) is 11.4. The molecule has 3 fully saturated rings. The minimum Gasteiger partial charge on any atom is -0.507 e. The van der Waals surface area contributed by atoms with E-state index in [1.54, 1.807) is 31.2 Å². The number of carboxylic acids is 1.